The van der Waals surface area contributed by atoms with Gasteiger partial charge in [0.2, 0.25) is 0 Å². The van der Waals surface area contributed by atoms with Crippen LogP contribution in [0.2, 0.25) is 0 Å². The Hall–Kier alpha value is -1.86. The number of carbonyl (C=O) groups excluding carboxylic acids is 1. The van der Waals surface area contributed by atoms with Crippen LogP contribution in [0.5, 0.6) is 0 Å². The monoisotopic (exact) mass is 274 g/mol. The number of pyridine rings is 1. The minimum absolute atomic E-state index is 0.00649. The largest absolute Gasteiger partial charge is 0.395 e. The molecular weight excluding hydrogens is 252 g/mol. The number of hydrogen-bond donors (Lipinski definition) is 1. The standard InChI is InChI=1S/C16H22N2O2/c1-3-8-18(9-4-2)16(20)15-11-14(12-17-13-15)7-5-6-10-19/h11-13,19H,3-4,6,8-10H2,1-2H3. The van der Waals surface area contributed by atoms with Crippen LogP contribution < -0.4 is 0 Å². The van der Waals surface area contributed by atoms with Gasteiger partial charge in [-0.2, -0.15) is 0 Å². The van der Waals surface area contributed by atoms with E-state index >= 15 is 0 Å². The number of aliphatic hydroxyl groups excluding tert-OH is 1. The normalized spacial score (nSPS) is 9.75. The lowest BCUT2D eigenvalue weighted by molar-refractivity contribution is 0.0755. The minimum atomic E-state index is 0.00649. The van der Waals surface area contributed by atoms with Gasteiger partial charge in [-0.05, 0) is 18.9 Å². The third-order valence-corrected chi connectivity index (χ3v) is 2.73. The Labute approximate surface area is 120 Å². The van der Waals surface area contributed by atoms with Crippen LogP contribution in [0.15, 0.2) is 18.5 Å². The van der Waals surface area contributed by atoms with Gasteiger partial charge in [0.05, 0.1) is 12.2 Å². The zero-order valence-corrected chi connectivity index (χ0v) is 12.2. The summed E-state index contributed by atoms with van der Waals surface area (Å²) in [5.74, 6) is 5.74. The van der Waals surface area contributed by atoms with E-state index in [2.05, 4.69) is 30.7 Å². The fraction of sp³-hybridized carbons (Fsp3) is 0.500. The minimum Gasteiger partial charge on any atom is -0.395 e. The molecule has 0 aromatic carbocycles. The molecule has 108 valence electrons. The van der Waals surface area contributed by atoms with E-state index < -0.39 is 0 Å². The fourth-order valence-corrected chi connectivity index (χ4v) is 1.88. The molecule has 0 saturated heterocycles. The van der Waals surface area contributed by atoms with Crippen LogP contribution in [0.4, 0.5) is 0 Å². The van der Waals surface area contributed by atoms with E-state index in [9.17, 15) is 4.79 Å². The van der Waals surface area contributed by atoms with Crippen molar-refractivity contribution in [3.63, 3.8) is 0 Å². The molecule has 0 atom stereocenters. The molecule has 0 aliphatic heterocycles. The summed E-state index contributed by atoms with van der Waals surface area (Å²) >= 11 is 0. The van der Waals surface area contributed by atoms with E-state index in [1.165, 1.54) is 0 Å². The van der Waals surface area contributed by atoms with Crippen molar-refractivity contribution >= 4 is 5.91 Å². The van der Waals surface area contributed by atoms with Crippen molar-refractivity contribution in [3.05, 3.63) is 29.6 Å². The second kappa shape index (κ2) is 9.11. The van der Waals surface area contributed by atoms with Crippen LogP contribution in [0.3, 0.4) is 0 Å². The van der Waals surface area contributed by atoms with Gasteiger partial charge in [0.15, 0.2) is 0 Å². The first-order valence-corrected chi connectivity index (χ1v) is 7.07. The Kier molecular flexibility index (Phi) is 7.38. The van der Waals surface area contributed by atoms with Gasteiger partial charge < -0.3 is 10.0 Å². The zero-order chi connectivity index (χ0) is 14.8. The molecule has 0 unspecified atom stereocenters. The highest BCUT2D eigenvalue weighted by atomic mass is 16.2. The summed E-state index contributed by atoms with van der Waals surface area (Å²) < 4.78 is 0. The molecule has 0 radical (unpaired) electrons. The lowest BCUT2D eigenvalue weighted by atomic mass is 10.1. The van der Waals surface area contributed by atoms with Crippen LogP contribution in [-0.2, 0) is 0 Å². The molecule has 0 bridgehead atoms. The predicted octanol–water partition coefficient (Wildman–Crippen LogP) is 2.08. The summed E-state index contributed by atoms with van der Waals surface area (Å²) in [4.78, 5) is 18.3. The number of carbonyl (C=O) groups is 1. The molecule has 4 nitrogen and oxygen atoms in total. The molecule has 0 aliphatic rings. The van der Waals surface area contributed by atoms with Gasteiger partial charge in [-0.1, -0.05) is 25.7 Å². The maximum Gasteiger partial charge on any atom is 0.255 e. The Balaban J connectivity index is 2.87. The van der Waals surface area contributed by atoms with Crippen molar-refractivity contribution < 1.29 is 9.90 Å². The van der Waals surface area contributed by atoms with Gasteiger partial charge in [-0.15, -0.1) is 0 Å². The van der Waals surface area contributed by atoms with Crippen molar-refractivity contribution in [2.75, 3.05) is 19.7 Å². The van der Waals surface area contributed by atoms with Gasteiger partial charge in [0, 0.05) is 37.5 Å². The SMILES string of the molecule is CCCN(CCC)C(=O)c1cncc(C#CCCO)c1. The number of amides is 1. The molecule has 1 N–H and O–H groups in total. The summed E-state index contributed by atoms with van der Waals surface area (Å²) in [7, 11) is 0. The molecule has 1 aromatic heterocycles. The van der Waals surface area contributed by atoms with Crippen molar-refractivity contribution in [1.29, 1.82) is 0 Å². The summed E-state index contributed by atoms with van der Waals surface area (Å²) in [5.41, 5.74) is 1.28. The molecular formula is C16H22N2O2. The Morgan fingerprint density at radius 1 is 1.30 bits per heavy atom. The first kappa shape index (κ1) is 16.2. The highest BCUT2D eigenvalue weighted by molar-refractivity contribution is 5.94. The number of aromatic nitrogens is 1. The molecule has 1 aromatic rings. The molecule has 1 amide bonds. The van der Waals surface area contributed by atoms with Gasteiger partial charge >= 0.3 is 0 Å². The predicted molar refractivity (Wildman–Crippen MR) is 79.3 cm³/mol. The van der Waals surface area contributed by atoms with Gasteiger partial charge in [-0.25, -0.2) is 0 Å². The lowest BCUT2D eigenvalue weighted by Gasteiger charge is -2.21. The third kappa shape index (κ3) is 5.02. The van der Waals surface area contributed by atoms with Crippen molar-refractivity contribution in [1.82, 2.24) is 9.88 Å². The number of hydrogen-bond acceptors (Lipinski definition) is 3. The van der Waals surface area contributed by atoms with E-state index in [-0.39, 0.29) is 12.5 Å². The highest BCUT2D eigenvalue weighted by Crippen LogP contribution is 2.07. The first-order chi connectivity index (χ1) is 9.72. The van der Waals surface area contributed by atoms with Crippen LogP contribution in [-0.4, -0.2) is 40.6 Å². The number of aliphatic hydroxyl groups is 1. The van der Waals surface area contributed by atoms with Crippen LogP contribution >= 0.6 is 0 Å². The third-order valence-electron chi connectivity index (χ3n) is 2.73. The molecule has 1 heterocycles. The number of rotatable bonds is 6. The topological polar surface area (TPSA) is 53.4 Å². The highest BCUT2D eigenvalue weighted by Gasteiger charge is 2.14. The number of nitrogens with zero attached hydrogens (tertiary/aromatic N) is 2. The second-order valence-corrected chi connectivity index (χ2v) is 4.53. The smallest absolute Gasteiger partial charge is 0.255 e. The Morgan fingerprint density at radius 3 is 2.60 bits per heavy atom. The average Bonchev–Trinajstić information content (AvgIpc) is 2.47. The summed E-state index contributed by atoms with van der Waals surface area (Å²) in [6.07, 6.45) is 5.52. The van der Waals surface area contributed by atoms with Crippen molar-refractivity contribution in [2.24, 2.45) is 0 Å². The first-order valence-electron chi connectivity index (χ1n) is 7.07. The Morgan fingerprint density at radius 2 is 2.00 bits per heavy atom. The van der Waals surface area contributed by atoms with Crippen molar-refractivity contribution in [2.45, 2.75) is 33.1 Å². The van der Waals surface area contributed by atoms with Gasteiger partial charge in [0.25, 0.3) is 5.91 Å². The summed E-state index contributed by atoms with van der Waals surface area (Å²) in [6.45, 7) is 5.68. The quantitative estimate of drug-likeness (QED) is 0.808. The summed E-state index contributed by atoms with van der Waals surface area (Å²) in [5, 5.41) is 8.70. The lowest BCUT2D eigenvalue weighted by Crippen LogP contribution is -2.32. The molecule has 0 aliphatic carbocycles. The van der Waals surface area contributed by atoms with Crippen LogP contribution in [0.25, 0.3) is 0 Å². The van der Waals surface area contributed by atoms with E-state index in [1.807, 2.05) is 4.90 Å². The van der Waals surface area contributed by atoms with E-state index in [0.29, 0.717) is 17.5 Å². The average molecular weight is 274 g/mol. The van der Waals surface area contributed by atoms with E-state index in [4.69, 9.17) is 5.11 Å². The Bertz CT molecular complexity index is 483. The molecule has 1 rings (SSSR count). The molecule has 4 heteroatoms. The molecule has 0 fully saturated rings. The van der Waals surface area contributed by atoms with Crippen LogP contribution in [0.1, 0.15) is 49.0 Å². The maximum absolute atomic E-state index is 12.4. The fourth-order valence-electron chi connectivity index (χ4n) is 1.88. The zero-order valence-electron chi connectivity index (χ0n) is 12.2. The molecule has 0 saturated carbocycles. The maximum atomic E-state index is 12.4. The molecule has 20 heavy (non-hydrogen) atoms. The molecule has 0 spiro atoms. The van der Waals surface area contributed by atoms with Gasteiger partial charge in [-0.3, -0.25) is 9.78 Å². The van der Waals surface area contributed by atoms with E-state index in [0.717, 1.165) is 25.9 Å². The second-order valence-electron chi connectivity index (χ2n) is 4.53. The summed E-state index contributed by atoms with van der Waals surface area (Å²) in [6, 6.07) is 1.76. The van der Waals surface area contributed by atoms with Crippen LogP contribution in [0, 0.1) is 11.8 Å². The van der Waals surface area contributed by atoms with Gasteiger partial charge in [0.1, 0.15) is 0 Å². The van der Waals surface area contributed by atoms with Crippen molar-refractivity contribution in [3.8, 4) is 11.8 Å². The van der Waals surface area contributed by atoms with E-state index in [1.54, 1.807) is 18.5 Å².